The predicted octanol–water partition coefficient (Wildman–Crippen LogP) is 3.27. The molecule has 0 N–H and O–H groups in total. The summed E-state index contributed by atoms with van der Waals surface area (Å²) in [5.74, 6) is 0.876. The molecule has 0 spiro atoms. The summed E-state index contributed by atoms with van der Waals surface area (Å²) < 4.78 is 11.0. The van der Waals surface area contributed by atoms with Gasteiger partial charge in [0.05, 0.1) is 17.8 Å². The molecular formula is C20H25N3O4S. The monoisotopic (exact) mass is 403 g/mol. The molecule has 150 valence electrons. The van der Waals surface area contributed by atoms with Crippen LogP contribution in [0.1, 0.15) is 29.9 Å². The Labute approximate surface area is 168 Å². The summed E-state index contributed by atoms with van der Waals surface area (Å²) in [6, 6.07) is 7.16. The van der Waals surface area contributed by atoms with Crippen molar-refractivity contribution in [3.63, 3.8) is 0 Å². The van der Waals surface area contributed by atoms with E-state index in [4.69, 9.17) is 9.47 Å². The van der Waals surface area contributed by atoms with Crippen molar-refractivity contribution in [1.82, 2.24) is 14.8 Å². The Morgan fingerprint density at radius 2 is 1.93 bits per heavy atom. The zero-order valence-electron chi connectivity index (χ0n) is 16.2. The first-order valence-electron chi connectivity index (χ1n) is 9.34. The summed E-state index contributed by atoms with van der Waals surface area (Å²) in [6.07, 6.45) is -0.307. The third kappa shape index (κ3) is 5.45. The molecule has 0 atom stereocenters. The zero-order valence-corrected chi connectivity index (χ0v) is 17.0. The lowest BCUT2D eigenvalue weighted by molar-refractivity contribution is 0.0535. The normalized spacial score (nSPS) is 14.2. The number of thiazole rings is 1. The van der Waals surface area contributed by atoms with Crippen molar-refractivity contribution in [2.45, 2.75) is 20.5 Å². The Morgan fingerprint density at radius 1 is 1.18 bits per heavy atom. The fourth-order valence-corrected chi connectivity index (χ4v) is 3.33. The number of carbonyl (C=O) groups excluding carboxylic acids is 2. The molecule has 2 amide bonds. The van der Waals surface area contributed by atoms with Gasteiger partial charge in [-0.05, 0) is 24.1 Å². The lowest BCUT2D eigenvalue weighted by Gasteiger charge is -2.34. The van der Waals surface area contributed by atoms with Crippen LogP contribution < -0.4 is 4.74 Å². The molecular weight excluding hydrogens is 378 g/mol. The van der Waals surface area contributed by atoms with E-state index >= 15 is 0 Å². The average Bonchev–Trinajstić information content (AvgIpc) is 3.24. The molecule has 1 saturated heterocycles. The summed E-state index contributed by atoms with van der Waals surface area (Å²) in [6.45, 7) is 6.70. The topological polar surface area (TPSA) is 72.0 Å². The van der Waals surface area contributed by atoms with Gasteiger partial charge in [0.2, 0.25) is 0 Å². The first-order valence-corrected chi connectivity index (χ1v) is 10.3. The molecule has 1 aromatic heterocycles. The van der Waals surface area contributed by atoms with Gasteiger partial charge in [0.25, 0.3) is 5.91 Å². The molecule has 2 heterocycles. The van der Waals surface area contributed by atoms with Crippen LogP contribution in [0.3, 0.4) is 0 Å². The number of nitrogens with zero attached hydrogens (tertiary/aromatic N) is 3. The van der Waals surface area contributed by atoms with E-state index in [1.165, 1.54) is 11.3 Å². The summed E-state index contributed by atoms with van der Waals surface area (Å²) >= 11 is 1.52. The molecule has 0 radical (unpaired) electrons. The van der Waals surface area contributed by atoms with Crippen LogP contribution in [-0.4, -0.2) is 59.6 Å². The quantitative estimate of drug-likeness (QED) is 0.740. The fourth-order valence-electron chi connectivity index (χ4n) is 2.79. The molecule has 1 fully saturated rings. The Balaban J connectivity index is 1.52. The first kappa shape index (κ1) is 20.1. The van der Waals surface area contributed by atoms with Crippen LogP contribution in [0.25, 0.3) is 0 Å². The van der Waals surface area contributed by atoms with Crippen LogP contribution in [0.5, 0.6) is 5.75 Å². The van der Waals surface area contributed by atoms with Crippen LogP contribution in [-0.2, 0) is 11.3 Å². The van der Waals surface area contributed by atoms with Crippen LogP contribution >= 0.6 is 11.3 Å². The van der Waals surface area contributed by atoms with Gasteiger partial charge >= 0.3 is 6.09 Å². The highest BCUT2D eigenvalue weighted by atomic mass is 32.1. The van der Waals surface area contributed by atoms with Crippen molar-refractivity contribution in [3.05, 3.63) is 46.4 Å². The molecule has 28 heavy (non-hydrogen) atoms. The van der Waals surface area contributed by atoms with Crippen molar-refractivity contribution in [3.8, 4) is 5.75 Å². The number of piperazine rings is 1. The molecule has 2 aromatic rings. The molecule has 7 nitrogen and oxygen atoms in total. The highest BCUT2D eigenvalue weighted by Crippen LogP contribution is 2.18. The van der Waals surface area contributed by atoms with Crippen LogP contribution in [0.2, 0.25) is 0 Å². The first-order chi connectivity index (χ1) is 13.5. The molecule has 8 heteroatoms. The number of carbonyl (C=O) groups is 2. The number of amides is 2. The lowest BCUT2D eigenvalue weighted by Crippen LogP contribution is -2.50. The summed E-state index contributed by atoms with van der Waals surface area (Å²) in [5, 5.41) is 1.93. The van der Waals surface area contributed by atoms with E-state index in [2.05, 4.69) is 4.98 Å². The highest BCUT2D eigenvalue weighted by Gasteiger charge is 2.26. The Hall–Kier alpha value is -2.61. The van der Waals surface area contributed by atoms with Crippen molar-refractivity contribution in [2.24, 2.45) is 5.92 Å². The average molecular weight is 404 g/mol. The molecule has 0 saturated carbocycles. The van der Waals surface area contributed by atoms with Crippen molar-refractivity contribution < 1.29 is 19.1 Å². The van der Waals surface area contributed by atoms with E-state index in [1.807, 2.05) is 31.4 Å². The highest BCUT2D eigenvalue weighted by molar-refractivity contribution is 7.07. The standard InChI is InChI=1S/C20H25N3O4S/c1-15(2)11-27-20(25)23-8-6-22(7-9-23)19(24)16-4-3-5-18(10-16)26-12-17-13-28-14-21-17/h3-5,10,13-15H,6-9,11-12H2,1-2H3. The number of hydrogen-bond donors (Lipinski definition) is 0. The van der Waals surface area contributed by atoms with E-state index in [9.17, 15) is 9.59 Å². The van der Waals surface area contributed by atoms with E-state index in [1.54, 1.807) is 27.4 Å². The predicted molar refractivity (Wildman–Crippen MR) is 107 cm³/mol. The minimum absolute atomic E-state index is 0.0608. The van der Waals surface area contributed by atoms with Crippen LogP contribution in [0, 0.1) is 5.92 Å². The van der Waals surface area contributed by atoms with E-state index < -0.39 is 0 Å². The van der Waals surface area contributed by atoms with Crippen LogP contribution in [0.4, 0.5) is 4.79 Å². The van der Waals surface area contributed by atoms with Gasteiger partial charge in [-0.2, -0.15) is 0 Å². The number of rotatable bonds is 6. The van der Waals surface area contributed by atoms with E-state index in [0.717, 1.165) is 5.69 Å². The molecule has 1 aromatic carbocycles. The third-order valence-electron chi connectivity index (χ3n) is 4.32. The summed E-state index contributed by atoms with van der Waals surface area (Å²) in [5.41, 5.74) is 3.20. The Bertz CT molecular complexity index is 787. The maximum Gasteiger partial charge on any atom is 0.409 e. The molecule has 0 aliphatic carbocycles. The largest absolute Gasteiger partial charge is 0.487 e. The minimum atomic E-state index is -0.307. The molecule has 0 unspecified atom stereocenters. The van der Waals surface area contributed by atoms with E-state index in [0.29, 0.717) is 56.6 Å². The third-order valence-corrected chi connectivity index (χ3v) is 4.95. The van der Waals surface area contributed by atoms with Gasteiger partial charge < -0.3 is 19.3 Å². The van der Waals surface area contributed by atoms with Gasteiger partial charge in [-0.15, -0.1) is 11.3 Å². The van der Waals surface area contributed by atoms with Gasteiger partial charge in [-0.25, -0.2) is 9.78 Å². The second kappa shape index (κ2) is 9.54. The minimum Gasteiger partial charge on any atom is -0.487 e. The van der Waals surface area contributed by atoms with Crippen molar-refractivity contribution in [2.75, 3.05) is 32.8 Å². The van der Waals surface area contributed by atoms with Gasteiger partial charge in [0.15, 0.2) is 0 Å². The van der Waals surface area contributed by atoms with Crippen LogP contribution in [0.15, 0.2) is 35.2 Å². The molecule has 1 aliphatic heterocycles. The van der Waals surface area contributed by atoms with Crippen molar-refractivity contribution in [1.29, 1.82) is 0 Å². The van der Waals surface area contributed by atoms with Gasteiger partial charge in [-0.3, -0.25) is 4.79 Å². The second-order valence-electron chi connectivity index (χ2n) is 7.05. The smallest absolute Gasteiger partial charge is 0.409 e. The zero-order chi connectivity index (χ0) is 19.9. The van der Waals surface area contributed by atoms with Gasteiger partial charge in [-0.1, -0.05) is 19.9 Å². The Morgan fingerprint density at radius 3 is 2.61 bits per heavy atom. The molecule has 1 aliphatic rings. The van der Waals surface area contributed by atoms with Crippen molar-refractivity contribution >= 4 is 23.3 Å². The SMILES string of the molecule is CC(C)COC(=O)N1CCN(C(=O)c2cccc(OCc3cscn3)c2)CC1. The lowest BCUT2D eigenvalue weighted by atomic mass is 10.1. The number of hydrogen-bond acceptors (Lipinski definition) is 6. The van der Waals surface area contributed by atoms with E-state index in [-0.39, 0.29) is 12.0 Å². The Kier molecular flexibility index (Phi) is 6.86. The van der Waals surface area contributed by atoms with Gasteiger partial charge in [0, 0.05) is 37.1 Å². The van der Waals surface area contributed by atoms with Gasteiger partial charge in [0.1, 0.15) is 12.4 Å². The molecule has 0 bridgehead atoms. The maximum absolute atomic E-state index is 12.8. The maximum atomic E-state index is 12.8. The number of aromatic nitrogens is 1. The fraction of sp³-hybridized carbons (Fsp3) is 0.450. The second-order valence-corrected chi connectivity index (χ2v) is 7.76. The summed E-state index contributed by atoms with van der Waals surface area (Å²) in [7, 11) is 0. The number of benzene rings is 1. The number of ether oxygens (including phenoxy) is 2. The molecule has 3 rings (SSSR count). The summed E-state index contributed by atoms with van der Waals surface area (Å²) in [4.78, 5) is 32.4.